The minimum atomic E-state index is -0.386. The van der Waals surface area contributed by atoms with Gasteiger partial charge in [-0.05, 0) is 48.1 Å². The fourth-order valence-corrected chi connectivity index (χ4v) is 2.67. The Labute approximate surface area is 115 Å². The zero-order valence-corrected chi connectivity index (χ0v) is 12.1. The Morgan fingerprint density at radius 3 is 2.83 bits per heavy atom. The molecule has 2 rings (SSSR count). The van der Waals surface area contributed by atoms with Gasteiger partial charge in [0, 0.05) is 30.1 Å². The molecule has 98 valence electrons. The number of amides is 1. The van der Waals surface area contributed by atoms with Crippen LogP contribution in [0.3, 0.4) is 0 Å². The van der Waals surface area contributed by atoms with Crippen molar-refractivity contribution < 1.29 is 9.18 Å². The molecule has 0 N–H and O–H groups in total. The van der Waals surface area contributed by atoms with Crippen molar-refractivity contribution in [1.82, 2.24) is 9.80 Å². The lowest BCUT2D eigenvalue weighted by molar-refractivity contribution is 0.0532. The largest absolute Gasteiger partial charge is 0.333 e. The second kappa shape index (κ2) is 5.36. The first-order chi connectivity index (χ1) is 8.49. The first-order valence-corrected chi connectivity index (χ1v) is 6.73. The van der Waals surface area contributed by atoms with Crippen molar-refractivity contribution in [3.8, 4) is 0 Å². The van der Waals surface area contributed by atoms with Gasteiger partial charge in [-0.1, -0.05) is 0 Å². The Kier molecular flexibility index (Phi) is 4.02. The van der Waals surface area contributed by atoms with Gasteiger partial charge in [-0.2, -0.15) is 0 Å². The van der Waals surface area contributed by atoms with Crippen molar-refractivity contribution in [2.75, 3.05) is 26.7 Å². The summed E-state index contributed by atoms with van der Waals surface area (Å²) in [7, 11) is 2.04. The molecule has 0 spiro atoms. The van der Waals surface area contributed by atoms with Crippen LogP contribution in [0.2, 0.25) is 0 Å². The Morgan fingerprint density at radius 1 is 1.44 bits per heavy atom. The summed E-state index contributed by atoms with van der Waals surface area (Å²) in [5, 5.41) is 0. The standard InChI is InChI=1S/C13H16BrFN2O/c1-9-8-16(2)5-6-17(9)13(18)11-7-10(15)3-4-12(11)14/h3-4,7,9H,5-6,8H2,1-2H3/t9-/m0/s1. The smallest absolute Gasteiger partial charge is 0.255 e. The zero-order chi connectivity index (χ0) is 13.3. The summed E-state index contributed by atoms with van der Waals surface area (Å²) in [6.45, 7) is 4.39. The van der Waals surface area contributed by atoms with Crippen LogP contribution in [-0.4, -0.2) is 48.4 Å². The predicted octanol–water partition coefficient (Wildman–Crippen LogP) is 2.36. The van der Waals surface area contributed by atoms with E-state index < -0.39 is 0 Å². The van der Waals surface area contributed by atoms with Gasteiger partial charge >= 0.3 is 0 Å². The lowest BCUT2D eigenvalue weighted by Crippen LogP contribution is -2.52. The summed E-state index contributed by atoms with van der Waals surface area (Å²) in [5.41, 5.74) is 0.395. The Morgan fingerprint density at radius 2 is 2.17 bits per heavy atom. The molecule has 1 aromatic rings. The number of hydrogen-bond acceptors (Lipinski definition) is 2. The van der Waals surface area contributed by atoms with Gasteiger partial charge in [-0.25, -0.2) is 4.39 Å². The molecular weight excluding hydrogens is 299 g/mol. The highest BCUT2D eigenvalue weighted by atomic mass is 79.9. The van der Waals surface area contributed by atoms with E-state index in [1.54, 1.807) is 11.0 Å². The molecule has 1 atom stereocenters. The molecular formula is C13H16BrFN2O. The maximum Gasteiger partial charge on any atom is 0.255 e. The maximum absolute atomic E-state index is 13.2. The van der Waals surface area contributed by atoms with Gasteiger partial charge in [0.1, 0.15) is 5.82 Å². The van der Waals surface area contributed by atoms with Crippen LogP contribution in [0, 0.1) is 5.82 Å². The molecule has 3 nitrogen and oxygen atoms in total. The van der Waals surface area contributed by atoms with Gasteiger partial charge in [0.2, 0.25) is 0 Å². The number of benzene rings is 1. The van der Waals surface area contributed by atoms with E-state index in [4.69, 9.17) is 0 Å². The molecule has 1 aliphatic heterocycles. The number of likely N-dealkylation sites (N-methyl/N-ethyl adjacent to an activating group) is 1. The highest BCUT2D eigenvalue weighted by Gasteiger charge is 2.27. The maximum atomic E-state index is 13.2. The average molecular weight is 315 g/mol. The topological polar surface area (TPSA) is 23.6 Å². The molecule has 18 heavy (non-hydrogen) atoms. The van der Waals surface area contributed by atoms with Crippen LogP contribution in [0.15, 0.2) is 22.7 Å². The van der Waals surface area contributed by atoms with E-state index in [1.165, 1.54) is 12.1 Å². The Balaban J connectivity index is 2.23. The third kappa shape index (κ3) is 2.72. The van der Waals surface area contributed by atoms with Crippen molar-refractivity contribution in [3.05, 3.63) is 34.1 Å². The fourth-order valence-electron chi connectivity index (χ4n) is 2.26. The third-order valence-corrected chi connectivity index (χ3v) is 3.94. The van der Waals surface area contributed by atoms with Gasteiger partial charge in [0.15, 0.2) is 0 Å². The average Bonchev–Trinajstić information content (AvgIpc) is 2.31. The minimum absolute atomic E-state index is 0.109. The van der Waals surface area contributed by atoms with Crippen LogP contribution in [0.4, 0.5) is 4.39 Å². The second-order valence-electron chi connectivity index (χ2n) is 4.73. The number of piperazine rings is 1. The lowest BCUT2D eigenvalue weighted by atomic mass is 10.1. The normalized spacial score (nSPS) is 21.1. The molecule has 0 aromatic heterocycles. The number of carbonyl (C=O) groups is 1. The summed E-state index contributed by atoms with van der Waals surface area (Å²) in [4.78, 5) is 16.4. The summed E-state index contributed by atoms with van der Waals surface area (Å²) in [6, 6.07) is 4.35. The number of nitrogens with zero attached hydrogens (tertiary/aromatic N) is 2. The zero-order valence-electron chi connectivity index (χ0n) is 10.5. The van der Waals surface area contributed by atoms with Gasteiger partial charge < -0.3 is 9.80 Å². The molecule has 0 aliphatic carbocycles. The van der Waals surface area contributed by atoms with E-state index in [0.29, 0.717) is 16.6 Å². The summed E-state index contributed by atoms with van der Waals surface area (Å²) < 4.78 is 13.9. The predicted molar refractivity (Wildman–Crippen MR) is 72.1 cm³/mol. The molecule has 1 saturated heterocycles. The van der Waals surface area contributed by atoms with Gasteiger partial charge in [0.25, 0.3) is 5.91 Å². The van der Waals surface area contributed by atoms with Crippen LogP contribution < -0.4 is 0 Å². The summed E-state index contributed by atoms with van der Waals surface area (Å²) >= 11 is 3.30. The van der Waals surface area contributed by atoms with Gasteiger partial charge in [0.05, 0.1) is 5.56 Å². The van der Waals surface area contributed by atoms with E-state index in [1.807, 2.05) is 14.0 Å². The number of rotatable bonds is 1. The van der Waals surface area contributed by atoms with Crippen molar-refractivity contribution in [2.45, 2.75) is 13.0 Å². The van der Waals surface area contributed by atoms with Crippen LogP contribution in [0.25, 0.3) is 0 Å². The molecule has 5 heteroatoms. The molecule has 1 heterocycles. The highest BCUT2D eigenvalue weighted by Crippen LogP contribution is 2.21. The molecule has 1 fully saturated rings. The molecule has 0 bridgehead atoms. The van der Waals surface area contributed by atoms with Crippen LogP contribution >= 0.6 is 15.9 Å². The van der Waals surface area contributed by atoms with E-state index in [9.17, 15) is 9.18 Å². The first-order valence-electron chi connectivity index (χ1n) is 5.93. The number of halogens is 2. The molecule has 1 amide bonds. The van der Waals surface area contributed by atoms with E-state index in [0.717, 1.165) is 13.1 Å². The SMILES string of the molecule is C[C@H]1CN(C)CCN1C(=O)c1cc(F)ccc1Br. The first kappa shape index (κ1) is 13.5. The molecule has 1 aliphatic rings. The van der Waals surface area contributed by atoms with E-state index in [2.05, 4.69) is 20.8 Å². The highest BCUT2D eigenvalue weighted by molar-refractivity contribution is 9.10. The van der Waals surface area contributed by atoms with Gasteiger partial charge in [-0.15, -0.1) is 0 Å². The Bertz CT molecular complexity index is 466. The number of hydrogen-bond donors (Lipinski definition) is 0. The van der Waals surface area contributed by atoms with Crippen molar-refractivity contribution in [2.24, 2.45) is 0 Å². The van der Waals surface area contributed by atoms with Crippen molar-refractivity contribution in [3.63, 3.8) is 0 Å². The monoisotopic (exact) mass is 314 g/mol. The van der Waals surface area contributed by atoms with Crippen molar-refractivity contribution >= 4 is 21.8 Å². The summed E-state index contributed by atoms with van der Waals surface area (Å²) in [5.74, 6) is -0.495. The second-order valence-corrected chi connectivity index (χ2v) is 5.59. The minimum Gasteiger partial charge on any atom is -0.333 e. The quantitative estimate of drug-likeness (QED) is 0.794. The fraction of sp³-hybridized carbons (Fsp3) is 0.462. The van der Waals surface area contributed by atoms with Crippen molar-refractivity contribution in [1.29, 1.82) is 0 Å². The molecule has 0 saturated carbocycles. The van der Waals surface area contributed by atoms with E-state index in [-0.39, 0.29) is 17.8 Å². The van der Waals surface area contributed by atoms with E-state index >= 15 is 0 Å². The third-order valence-electron chi connectivity index (χ3n) is 3.25. The molecule has 1 aromatic carbocycles. The van der Waals surface area contributed by atoms with Gasteiger partial charge in [-0.3, -0.25) is 4.79 Å². The summed E-state index contributed by atoms with van der Waals surface area (Å²) in [6.07, 6.45) is 0. The lowest BCUT2D eigenvalue weighted by Gasteiger charge is -2.38. The van der Waals surface area contributed by atoms with Crippen LogP contribution in [0.1, 0.15) is 17.3 Å². The van der Waals surface area contributed by atoms with Crippen LogP contribution in [0.5, 0.6) is 0 Å². The van der Waals surface area contributed by atoms with Crippen LogP contribution in [-0.2, 0) is 0 Å². The number of carbonyl (C=O) groups excluding carboxylic acids is 1. The molecule has 0 radical (unpaired) electrons. The Hall–Kier alpha value is -0.940. The molecule has 0 unspecified atom stereocenters.